The van der Waals surface area contributed by atoms with E-state index in [2.05, 4.69) is 10.3 Å². The minimum Gasteiger partial charge on any atom is -0.304 e. The van der Waals surface area contributed by atoms with Crippen LogP contribution in [0.1, 0.15) is 37.1 Å². The molecule has 100 valence electrons. The lowest BCUT2D eigenvalue weighted by Gasteiger charge is -2.21. The van der Waals surface area contributed by atoms with Gasteiger partial charge in [0.15, 0.2) is 11.6 Å². The van der Waals surface area contributed by atoms with Crippen LogP contribution in [0.15, 0.2) is 42.7 Å². The molecule has 19 heavy (non-hydrogen) atoms. The van der Waals surface area contributed by atoms with Gasteiger partial charge in [0.2, 0.25) is 0 Å². The molecule has 1 heterocycles. The van der Waals surface area contributed by atoms with Crippen LogP contribution in [0.5, 0.6) is 0 Å². The molecule has 0 bridgehead atoms. The van der Waals surface area contributed by atoms with E-state index in [-0.39, 0.29) is 12.1 Å². The van der Waals surface area contributed by atoms with Gasteiger partial charge in [-0.05, 0) is 37.6 Å². The Morgan fingerprint density at radius 2 is 1.68 bits per heavy atom. The van der Waals surface area contributed by atoms with Gasteiger partial charge in [-0.3, -0.25) is 4.98 Å². The van der Waals surface area contributed by atoms with E-state index < -0.39 is 11.6 Å². The van der Waals surface area contributed by atoms with Gasteiger partial charge in [-0.25, -0.2) is 8.78 Å². The Hall–Kier alpha value is -1.81. The molecule has 1 N–H and O–H groups in total. The highest BCUT2D eigenvalue weighted by molar-refractivity contribution is 5.23. The molecule has 1 aromatic heterocycles. The quantitative estimate of drug-likeness (QED) is 0.907. The van der Waals surface area contributed by atoms with E-state index >= 15 is 0 Å². The van der Waals surface area contributed by atoms with Crippen LogP contribution in [-0.2, 0) is 0 Å². The molecule has 2 rings (SSSR count). The van der Waals surface area contributed by atoms with Gasteiger partial charge in [0.25, 0.3) is 0 Å². The molecule has 2 nitrogen and oxygen atoms in total. The van der Waals surface area contributed by atoms with Crippen LogP contribution in [0.4, 0.5) is 8.78 Å². The molecule has 0 aliphatic rings. The molecule has 2 atom stereocenters. The van der Waals surface area contributed by atoms with Crippen molar-refractivity contribution in [3.05, 3.63) is 65.5 Å². The highest BCUT2D eigenvalue weighted by atomic mass is 19.2. The summed E-state index contributed by atoms with van der Waals surface area (Å²) in [7, 11) is 0. The summed E-state index contributed by atoms with van der Waals surface area (Å²) in [6.07, 6.45) is 3.42. The standard InChI is InChI=1S/C15H16F2N2/c1-10(12-6-8-18-9-7-12)19-11(2)13-4-3-5-14(16)15(13)17/h3-11,19H,1-2H3/t10-,11?/m0/s1. The van der Waals surface area contributed by atoms with Crippen LogP contribution in [0, 0.1) is 11.6 Å². The van der Waals surface area contributed by atoms with Crippen LogP contribution in [-0.4, -0.2) is 4.98 Å². The van der Waals surface area contributed by atoms with Crippen molar-refractivity contribution in [1.82, 2.24) is 10.3 Å². The average Bonchev–Trinajstić information content (AvgIpc) is 2.42. The van der Waals surface area contributed by atoms with Crippen molar-refractivity contribution in [2.75, 3.05) is 0 Å². The largest absolute Gasteiger partial charge is 0.304 e. The number of pyridine rings is 1. The summed E-state index contributed by atoms with van der Waals surface area (Å²) in [5.74, 6) is -1.60. The Bertz CT molecular complexity index is 543. The van der Waals surface area contributed by atoms with Crippen LogP contribution in [0.25, 0.3) is 0 Å². The summed E-state index contributed by atoms with van der Waals surface area (Å²) in [6.45, 7) is 3.79. The fourth-order valence-corrected chi connectivity index (χ4v) is 2.07. The normalized spacial score (nSPS) is 14.1. The zero-order valence-electron chi connectivity index (χ0n) is 10.9. The Morgan fingerprint density at radius 3 is 2.37 bits per heavy atom. The molecule has 0 spiro atoms. The third-order valence-electron chi connectivity index (χ3n) is 3.15. The van der Waals surface area contributed by atoms with Gasteiger partial charge < -0.3 is 5.32 Å². The molecule has 0 fully saturated rings. The van der Waals surface area contributed by atoms with E-state index in [0.29, 0.717) is 5.56 Å². The maximum atomic E-state index is 13.7. The topological polar surface area (TPSA) is 24.9 Å². The monoisotopic (exact) mass is 262 g/mol. The maximum Gasteiger partial charge on any atom is 0.163 e. The molecule has 0 saturated heterocycles. The van der Waals surface area contributed by atoms with Gasteiger partial charge in [0.1, 0.15) is 0 Å². The smallest absolute Gasteiger partial charge is 0.163 e. The lowest BCUT2D eigenvalue weighted by molar-refractivity contribution is 0.449. The van der Waals surface area contributed by atoms with Gasteiger partial charge in [0, 0.05) is 30.0 Å². The molecule has 1 unspecified atom stereocenters. The second kappa shape index (κ2) is 5.89. The van der Waals surface area contributed by atoms with Gasteiger partial charge in [0.05, 0.1) is 0 Å². The van der Waals surface area contributed by atoms with Crippen LogP contribution < -0.4 is 5.32 Å². The summed E-state index contributed by atoms with van der Waals surface area (Å²) in [4.78, 5) is 3.95. The molecule has 0 aliphatic carbocycles. The number of hydrogen-bond donors (Lipinski definition) is 1. The SMILES string of the molecule is CC(N[C@@H](C)c1ccncc1)c1cccc(F)c1F. The summed E-state index contributed by atoms with van der Waals surface area (Å²) >= 11 is 0. The number of benzene rings is 1. The van der Waals surface area contributed by atoms with Crippen molar-refractivity contribution in [2.24, 2.45) is 0 Å². The lowest BCUT2D eigenvalue weighted by Crippen LogP contribution is -2.23. The van der Waals surface area contributed by atoms with E-state index in [4.69, 9.17) is 0 Å². The Balaban J connectivity index is 2.13. The fraction of sp³-hybridized carbons (Fsp3) is 0.267. The van der Waals surface area contributed by atoms with Gasteiger partial charge in [-0.15, -0.1) is 0 Å². The van der Waals surface area contributed by atoms with Crippen molar-refractivity contribution in [3.8, 4) is 0 Å². The van der Waals surface area contributed by atoms with Crippen LogP contribution in [0.3, 0.4) is 0 Å². The third kappa shape index (κ3) is 3.15. The molecule has 0 saturated carbocycles. The van der Waals surface area contributed by atoms with Crippen LogP contribution in [0.2, 0.25) is 0 Å². The first kappa shape index (κ1) is 13.6. The molecule has 0 radical (unpaired) electrons. The number of rotatable bonds is 4. The van der Waals surface area contributed by atoms with E-state index in [1.165, 1.54) is 6.07 Å². The summed E-state index contributed by atoms with van der Waals surface area (Å²) in [5.41, 5.74) is 1.39. The van der Waals surface area contributed by atoms with Crippen molar-refractivity contribution in [3.63, 3.8) is 0 Å². The Kier molecular flexibility index (Phi) is 4.22. The summed E-state index contributed by atoms with van der Waals surface area (Å²) in [6, 6.07) is 7.77. The summed E-state index contributed by atoms with van der Waals surface area (Å²) in [5, 5.41) is 3.25. The van der Waals surface area contributed by atoms with Crippen molar-refractivity contribution < 1.29 is 8.78 Å². The molecule has 4 heteroatoms. The highest BCUT2D eigenvalue weighted by Gasteiger charge is 2.16. The predicted octanol–water partition coefficient (Wildman–Crippen LogP) is 3.77. The Morgan fingerprint density at radius 1 is 1.00 bits per heavy atom. The van der Waals surface area contributed by atoms with E-state index in [1.807, 2.05) is 26.0 Å². The van der Waals surface area contributed by atoms with Crippen molar-refractivity contribution in [1.29, 1.82) is 0 Å². The summed E-state index contributed by atoms with van der Waals surface area (Å²) < 4.78 is 26.9. The Labute approximate surface area is 111 Å². The molecule has 1 aromatic carbocycles. The molecule has 0 aliphatic heterocycles. The fourth-order valence-electron chi connectivity index (χ4n) is 2.07. The number of nitrogens with one attached hydrogen (secondary N) is 1. The first-order valence-electron chi connectivity index (χ1n) is 6.19. The van der Waals surface area contributed by atoms with Crippen molar-refractivity contribution in [2.45, 2.75) is 25.9 Å². The minimum absolute atomic E-state index is 0.0284. The van der Waals surface area contributed by atoms with Crippen molar-refractivity contribution >= 4 is 0 Å². The highest BCUT2D eigenvalue weighted by Crippen LogP contribution is 2.22. The first-order chi connectivity index (χ1) is 9.09. The second-order valence-corrected chi connectivity index (χ2v) is 4.53. The molecular weight excluding hydrogens is 246 g/mol. The molecular formula is C15H16F2N2. The van der Waals surface area contributed by atoms with Gasteiger partial charge >= 0.3 is 0 Å². The van der Waals surface area contributed by atoms with Gasteiger partial charge in [-0.1, -0.05) is 12.1 Å². The predicted molar refractivity (Wildman–Crippen MR) is 70.6 cm³/mol. The van der Waals surface area contributed by atoms with Crippen LogP contribution >= 0.6 is 0 Å². The van der Waals surface area contributed by atoms with Gasteiger partial charge in [-0.2, -0.15) is 0 Å². The minimum atomic E-state index is -0.817. The number of hydrogen-bond acceptors (Lipinski definition) is 2. The number of nitrogens with zero attached hydrogens (tertiary/aromatic N) is 1. The van der Waals surface area contributed by atoms with E-state index in [1.54, 1.807) is 18.5 Å². The molecule has 0 amide bonds. The number of halogens is 2. The lowest BCUT2D eigenvalue weighted by atomic mass is 10.0. The maximum absolute atomic E-state index is 13.7. The average molecular weight is 262 g/mol. The molecule has 2 aromatic rings. The number of aromatic nitrogens is 1. The third-order valence-corrected chi connectivity index (χ3v) is 3.15. The zero-order chi connectivity index (χ0) is 13.8. The first-order valence-corrected chi connectivity index (χ1v) is 6.19. The second-order valence-electron chi connectivity index (χ2n) is 4.53. The van der Waals surface area contributed by atoms with E-state index in [9.17, 15) is 8.78 Å². The van der Waals surface area contributed by atoms with E-state index in [0.717, 1.165) is 11.6 Å². The zero-order valence-corrected chi connectivity index (χ0v) is 10.9.